The van der Waals surface area contributed by atoms with Gasteiger partial charge in [0.15, 0.2) is 0 Å². The monoisotopic (exact) mass is 537 g/mol. The Bertz CT molecular complexity index is 937. The molecule has 0 aliphatic carbocycles. The van der Waals surface area contributed by atoms with Gasteiger partial charge in [0.25, 0.3) is 0 Å². The van der Waals surface area contributed by atoms with Gasteiger partial charge in [-0.2, -0.15) is 0 Å². The molecule has 2 rings (SSSR count). The van der Waals surface area contributed by atoms with E-state index in [2.05, 4.69) is 10.6 Å². The smallest absolute Gasteiger partial charge is 0.326 e. The number of aliphatic carboxylic acids is 2. The number of likely N-dealkylation sites (N-methyl/N-ethyl adjacent to an activating group) is 1. The third-order valence-electron chi connectivity index (χ3n) is 6.78. The number of carboxylic acids is 2. The summed E-state index contributed by atoms with van der Waals surface area (Å²) in [7, 11) is 1.79. The number of halogens is 1. The largest absolute Gasteiger partial charge is 0.480 e. The van der Waals surface area contributed by atoms with Crippen LogP contribution in [0, 0.1) is 5.82 Å². The molecule has 1 aromatic carbocycles. The minimum Gasteiger partial charge on any atom is -0.480 e. The molecule has 11 nitrogen and oxygen atoms in total. The van der Waals surface area contributed by atoms with Gasteiger partial charge < -0.3 is 25.7 Å². The van der Waals surface area contributed by atoms with Crippen LogP contribution in [0.15, 0.2) is 24.3 Å². The molecular weight excluding hydrogens is 497 g/mol. The zero-order chi connectivity index (χ0) is 28.2. The number of hydrogen-bond acceptors (Lipinski definition) is 6. The van der Waals surface area contributed by atoms with E-state index in [1.807, 2.05) is 18.7 Å². The molecule has 1 heterocycles. The number of unbranched alkanes of at least 4 members (excludes halogenated alkanes) is 1. The number of nitrogens with zero attached hydrogens (tertiary/aromatic N) is 3. The second-order valence-corrected chi connectivity index (χ2v) is 9.89. The molecule has 2 atom stereocenters. The molecule has 0 spiro atoms. The van der Waals surface area contributed by atoms with E-state index in [0.29, 0.717) is 52.0 Å². The predicted octanol–water partition coefficient (Wildman–Crippen LogP) is 1.23. The number of carbonyl (C=O) groups is 4. The lowest BCUT2D eigenvalue weighted by Gasteiger charge is -2.33. The molecule has 3 amide bonds. The summed E-state index contributed by atoms with van der Waals surface area (Å²) in [5, 5.41) is 24.0. The average molecular weight is 538 g/mol. The van der Waals surface area contributed by atoms with Crippen LogP contribution in [0.25, 0.3) is 0 Å². The third kappa shape index (κ3) is 10.3. The zero-order valence-electron chi connectivity index (χ0n) is 22.4. The van der Waals surface area contributed by atoms with Crippen molar-refractivity contribution < 1.29 is 33.8 Å². The summed E-state index contributed by atoms with van der Waals surface area (Å²) in [6.07, 6.45) is 1.53. The Labute approximate surface area is 223 Å². The normalized spacial score (nSPS) is 15.8. The van der Waals surface area contributed by atoms with Crippen molar-refractivity contribution in [1.82, 2.24) is 25.3 Å². The molecule has 212 valence electrons. The van der Waals surface area contributed by atoms with Crippen LogP contribution >= 0.6 is 0 Å². The predicted molar refractivity (Wildman–Crippen MR) is 139 cm³/mol. The SMILES string of the molecule is CC(C)N(C)[C@@H](Cc1ccc(F)cc1)C(=O)N[C@@H](CCCCNC(=O)N1CCN(CC(=O)O)CC1)C(=O)O. The molecular formula is C26H40FN5O6. The van der Waals surface area contributed by atoms with Gasteiger partial charge in [-0.1, -0.05) is 12.1 Å². The van der Waals surface area contributed by atoms with Crippen molar-refractivity contribution in [2.45, 2.75) is 57.7 Å². The summed E-state index contributed by atoms with van der Waals surface area (Å²) in [6.45, 7) is 6.05. The highest BCUT2D eigenvalue weighted by Crippen LogP contribution is 2.13. The molecule has 38 heavy (non-hydrogen) atoms. The molecule has 0 bridgehead atoms. The molecule has 1 aliphatic heterocycles. The van der Waals surface area contributed by atoms with Gasteiger partial charge >= 0.3 is 18.0 Å². The number of amides is 3. The van der Waals surface area contributed by atoms with Crippen molar-refractivity contribution in [3.05, 3.63) is 35.6 Å². The van der Waals surface area contributed by atoms with E-state index >= 15 is 0 Å². The Morgan fingerprint density at radius 3 is 2.21 bits per heavy atom. The van der Waals surface area contributed by atoms with Gasteiger partial charge in [0.2, 0.25) is 5.91 Å². The fraction of sp³-hybridized carbons (Fsp3) is 0.615. The summed E-state index contributed by atoms with van der Waals surface area (Å²) in [4.78, 5) is 53.4. The minimum absolute atomic E-state index is 0.0261. The molecule has 0 saturated carbocycles. The lowest BCUT2D eigenvalue weighted by molar-refractivity contribution is -0.143. The maximum absolute atomic E-state index is 13.3. The minimum atomic E-state index is -1.13. The Balaban J connectivity index is 1.81. The zero-order valence-corrected chi connectivity index (χ0v) is 22.4. The van der Waals surface area contributed by atoms with Crippen LogP contribution in [0.4, 0.5) is 9.18 Å². The van der Waals surface area contributed by atoms with Crippen LogP contribution in [0.3, 0.4) is 0 Å². The van der Waals surface area contributed by atoms with E-state index in [9.17, 15) is 28.7 Å². The summed E-state index contributed by atoms with van der Waals surface area (Å²) in [5.74, 6) is -2.80. The first-order chi connectivity index (χ1) is 18.0. The standard InChI is InChI=1S/C26H40FN5O6/c1-18(2)30(3)22(16-19-7-9-20(27)10-8-19)24(35)29-21(25(36)37)6-4-5-11-28-26(38)32-14-12-31(13-15-32)17-23(33)34/h7-10,18,21-22H,4-6,11-17H2,1-3H3,(H,28,38)(H,29,35)(H,33,34)(H,36,37)/t21-,22-/m0/s1. The van der Waals surface area contributed by atoms with Gasteiger partial charge in [-0.15, -0.1) is 0 Å². The second-order valence-electron chi connectivity index (χ2n) is 9.89. The number of nitrogens with one attached hydrogen (secondary N) is 2. The van der Waals surface area contributed by atoms with E-state index in [0.717, 1.165) is 5.56 Å². The molecule has 1 aliphatic rings. The number of benzene rings is 1. The van der Waals surface area contributed by atoms with Crippen LogP contribution in [0.5, 0.6) is 0 Å². The van der Waals surface area contributed by atoms with E-state index in [1.54, 1.807) is 29.0 Å². The van der Waals surface area contributed by atoms with Crippen molar-refractivity contribution in [3.63, 3.8) is 0 Å². The summed E-state index contributed by atoms with van der Waals surface area (Å²) in [6, 6.07) is 3.98. The molecule has 4 N–H and O–H groups in total. The Hall–Kier alpha value is -3.25. The van der Waals surface area contributed by atoms with Crippen LogP contribution in [0.2, 0.25) is 0 Å². The van der Waals surface area contributed by atoms with E-state index < -0.39 is 29.9 Å². The Kier molecular flexibility index (Phi) is 12.4. The number of carboxylic acid groups (broad SMARTS) is 2. The average Bonchev–Trinajstić information content (AvgIpc) is 2.86. The Morgan fingerprint density at radius 2 is 1.66 bits per heavy atom. The van der Waals surface area contributed by atoms with Crippen molar-refractivity contribution in [2.24, 2.45) is 0 Å². The fourth-order valence-corrected chi connectivity index (χ4v) is 4.23. The van der Waals surface area contributed by atoms with Crippen molar-refractivity contribution in [2.75, 3.05) is 46.3 Å². The molecule has 12 heteroatoms. The van der Waals surface area contributed by atoms with Gasteiger partial charge in [-0.3, -0.25) is 19.4 Å². The molecule has 0 unspecified atom stereocenters. The highest BCUT2D eigenvalue weighted by molar-refractivity contribution is 5.87. The first-order valence-corrected chi connectivity index (χ1v) is 12.9. The van der Waals surface area contributed by atoms with E-state index in [4.69, 9.17) is 5.11 Å². The number of carbonyl (C=O) groups excluding carboxylic acids is 2. The first-order valence-electron chi connectivity index (χ1n) is 12.9. The summed E-state index contributed by atoms with van der Waals surface area (Å²) < 4.78 is 13.3. The molecule has 0 radical (unpaired) electrons. The fourth-order valence-electron chi connectivity index (χ4n) is 4.23. The maximum Gasteiger partial charge on any atom is 0.326 e. The van der Waals surface area contributed by atoms with Gasteiger partial charge in [0.1, 0.15) is 11.9 Å². The van der Waals surface area contributed by atoms with Crippen LogP contribution in [-0.2, 0) is 20.8 Å². The number of urea groups is 1. The lowest BCUT2D eigenvalue weighted by atomic mass is 10.0. The molecule has 1 fully saturated rings. The Morgan fingerprint density at radius 1 is 1.03 bits per heavy atom. The van der Waals surface area contributed by atoms with Crippen LogP contribution in [0.1, 0.15) is 38.7 Å². The quantitative estimate of drug-likeness (QED) is 0.260. The van der Waals surface area contributed by atoms with Gasteiger partial charge in [-0.25, -0.2) is 14.0 Å². The maximum atomic E-state index is 13.3. The molecule has 1 aromatic rings. The number of rotatable bonds is 14. The van der Waals surface area contributed by atoms with Crippen molar-refractivity contribution >= 4 is 23.9 Å². The van der Waals surface area contributed by atoms with Crippen molar-refractivity contribution in [3.8, 4) is 0 Å². The highest BCUT2D eigenvalue weighted by Gasteiger charge is 2.29. The van der Waals surface area contributed by atoms with E-state index in [1.165, 1.54) is 12.1 Å². The topological polar surface area (TPSA) is 143 Å². The molecule has 1 saturated heterocycles. The summed E-state index contributed by atoms with van der Waals surface area (Å²) >= 11 is 0. The highest BCUT2D eigenvalue weighted by atomic mass is 19.1. The van der Waals surface area contributed by atoms with E-state index in [-0.39, 0.29) is 30.9 Å². The number of piperazine rings is 1. The van der Waals surface area contributed by atoms with Gasteiger partial charge in [0, 0.05) is 38.8 Å². The first kappa shape index (κ1) is 31.0. The van der Waals surface area contributed by atoms with Crippen molar-refractivity contribution in [1.29, 1.82) is 0 Å². The third-order valence-corrected chi connectivity index (χ3v) is 6.78. The summed E-state index contributed by atoms with van der Waals surface area (Å²) in [5.41, 5.74) is 0.768. The number of hydrogen-bond donors (Lipinski definition) is 4. The van der Waals surface area contributed by atoms with Crippen LogP contribution < -0.4 is 10.6 Å². The van der Waals surface area contributed by atoms with Crippen LogP contribution in [-0.4, -0.2) is 113 Å². The van der Waals surface area contributed by atoms with Gasteiger partial charge in [-0.05, 0) is 64.3 Å². The lowest BCUT2D eigenvalue weighted by Crippen LogP contribution is -2.53. The molecule has 0 aromatic heterocycles. The second kappa shape index (κ2) is 15.2. The van der Waals surface area contributed by atoms with Gasteiger partial charge in [0.05, 0.1) is 12.6 Å².